The molecule has 0 radical (unpaired) electrons. The van der Waals surface area contributed by atoms with Crippen LogP contribution in [0.15, 0.2) is 23.0 Å². The third kappa shape index (κ3) is 2.33. The number of nitrogens with zero attached hydrogens (tertiary/aromatic N) is 2. The van der Waals surface area contributed by atoms with E-state index in [1.807, 2.05) is 0 Å². The van der Waals surface area contributed by atoms with Gasteiger partial charge in [-0.3, -0.25) is 4.79 Å². The second-order valence-electron chi connectivity index (χ2n) is 6.47. The summed E-state index contributed by atoms with van der Waals surface area (Å²) in [6.07, 6.45) is 4.01. The van der Waals surface area contributed by atoms with Gasteiger partial charge in [0.15, 0.2) is 5.75 Å². The quantitative estimate of drug-likeness (QED) is 0.742. The van der Waals surface area contributed by atoms with E-state index in [9.17, 15) is 18.7 Å². The highest BCUT2D eigenvalue weighted by Crippen LogP contribution is 2.35. The van der Waals surface area contributed by atoms with Gasteiger partial charge in [0.05, 0.1) is 28.4 Å². The van der Waals surface area contributed by atoms with Gasteiger partial charge in [-0.15, -0.1) is 0 Å². The molecular formula is C18H17F2N3O2. The van der Waals surface area contributed by atoms with E-state index in [-0.39, 0.29) is 17.1 Å². The van der Waals surface area contributed by atoms with Gasteiger partial charge in [0.2, 0.25) is 5.43 Å². The molecular weight excluding hydrogens is 328 g/mol. The van der Waals surface area contributed by atoms with Crippen molar-refractivity contribution in [2.75, 3.05) is 0 Å². The normalized spacial score (nSPS) is 15.3. The van der Waals surface area contributed by atoms with E-state index in [4.69, 9.17) is 0 Å². The van der Waals surface area contributed by atoms with Crippen LogP contribution >= 0.6 is 0 Å². The van der Waals surface area contributed by atoms with E-state index < -0.39 is 28.4 Å². The molecule has 1 saturated carbocycles. The van der Waals surface area contributed by atoms with Crippen LogP contribution in [-0.2, 0) is 0 Å². The molecule has 4 rings (SSSR count). The molecule has 1 aliphatic carbocycles. The first kappa shape index (κ1) is 15.8. The van der Waals surface area contributed by atoms with Gasteiger partial charge in [-0.1, -0.05) is 18.9 Å². The van der Waals surface area contributed by atoms with Crippen molar-refractivity contribution in [2.45, 2.75) is 38.6 Å². The number of hydrogen-bond acceptors (Lipinski definition) is 3. The second kappa shape index (κ2) is 5.68. The Kier molecular flexibility index (Phi) is 3.59. The highest BCUT2D eigenvalue weighted by molar-refractivity contribution is 5.84. The number of fused-ring (bicyclic) bond motifs is 1. The van der Waals surface area contributed by atoms with Crippen molar-refractivity contribution in [2.24, 2.45) is 0 Å². The van der Waals surface area contributed by atoms with Gasteiger partial charge < -0.3 is 10.1 Å². The van der Waals surface area contributed by atoms with Gasteiger partial charge in [-0.25, -0.2) is 13.5 Å². The molecule has 1 aliphatic rings. The molecule has 0 unspecified atom stereocenters. The Morgan fingerprint density at radius 3 is 2.52 bits per heavy atom. The number of aromatic amines is 1. The molecule has 2 aromatic heterocycles. The smallest absolute Gasteiger partial charge is 0.235 e. The Hall–Kier alpha value is -2.70. The summed E-state index contributed by atoms with van der Waals surface area (Å²) in [7, 11) is 0. The largest absolute Gasteiger partial charge is 0.503 e. The second-order valence-corrected chi connectivity index (χ2v) is 6.47. The zero-order valence-electron chi connectivity index (χ0n) is 13.6. The molecule has 7 heteroatoms. The number of H-pyrrole nitrogens is 1. The zero-order valence-corrected chi connectivity index (χ0v) is 13.6. The number of aryl methyl sites for hydroxylation is 1. The highest BCUT2D eigenvalue weighted by atomic mass is 19.1. The van der Waals surface area contributed by atoms with E-state index in [1.54, 1.807) is 11.6 Å². The lowest BCUT2D eigenvalue weighted by Crippen LogP contribution is -2.11. The number of aromatic hydroxyl groups is 1. The van der Waals surface area contributed by atoms with Crippen molar-refractivity contribution >= 4 is 11.0 Å². The molecule has 1 fully saturated rings. The zero-order chi connectivity index (χ0) is 17.7. The maximum Gasteiger partial charge on any atom is 0.235 e. The molecule has 130 valence electrons. The van der Waals surface area contributed by atoms with Crippen molar-refractivity contribution in [3.63, 3.8) is 0 Å². The maximum atomic E-state index is 14.2. The van der Waals surface area contributed by atoms with Crippen LogP contribution in [-0.4, -0.2) is 19.9 Å². The molecule has 25 heavy (non-hydrogen) atoms. The Balaban J connectivity index is 2.05. The number of nitrogens with one attached hydrogen (secondary N) is 1. The van der Waals surface area contributed by atoms with Crippen LogP contribution in [0.3, 0.4) is 0 Å². The number of hydrogen-bond donors (Lipinski definition) is 2. The summed E-state index contributed by atoms with van der Waals surface area (Å²) >= 11 is 0. The fraction of sp³-hybridized carbons (Fsp3) is 0.333. The number of pyridine rings is 1. The van der Waals surface area contributed by atoms with Crippen molar-refractivity contribution in [3.8, 4) is 17.0 Å². The van der Waals surface area contributed by atoms with Gasteiger partial charge in [0.25, 0.3) is 0 Å². The van der Waals surface area contributed by atoms with Crippen LogP contribution in [0.25, 0.3) is 22.3 Å². The molecule has 0 bridgehead atoms. The number of halogens is 2. The van der Waals surface area contributed by atoms with E-state index in [0.717, 1.165) is 37.8 Å². The summed E-state index contributed by atoms with van der Waals surface area (Å²) in [5.41, 5.74) is -0.500. The molecule has 0 saturated heterocycles. The summed E-state index contributed by atoms with van der Waals surface area (Å²) in [6.45, 7) is 1.69. The first-order valence-corrected chi connectivity index (χ1v) is 8.27. The van der Waals surface area contributed by atoms with Crippen LogP contribution in [0.5, 0.6) is 5.75 Å². The third-order valence-corrected chi connectivity index (χ3v) is 4.89. The topological polar surface area (TPSA) is 70.9 Å². The average Bonchev–Trinajstić information content (AvgIpc) is 3.19. The monoisotopic (exact) mass is 345 g/mol. The van der Waals surface area contributed by atoms with Gasteiger partial charge in [-0.2, -0.15) is 5.10 Å². The van der Waals surface area contributed by atoms with Crippen molar-refractivity contribution in [3.05, 3.63) is 45.8 Å². The Morgan fingerprint density at radius 1 is 1.24 bits per heavy atom. The molecule has 2 heterocycles. The van der Waals surface area contributed by atoms with Crippen LogP contribution in [0.1, 0.15) is 37.4 Å². The van der Waals surface area contributed by atoms with E-state index in [1.165, 1.54) is 6.07 Å². The lowest BCUT2D eigenvalue weighted by atomic mass is 10.1. The van der Waals surface area contributed by atoms with E-state index in [2.05, 4.69) is 10.1 Å². The average molecular weight is 345 g/mol. The highest BCUT2D eigenvalue weighted by Gasteiger charge is 2.26. The number of benzene rings is 1. The minimum Gasteiger partial charge on any atom is -0.503 e. The lowest BCUT2D eigenvalue weighted by Gasteiger charge is -2.13. The van der Waals surface area contributed by atoms with E-state index >= 15 is 0 Å². The molecule has 0 aliphatic heterocycles. The summed E-state index contributed by atoms with van der Waals surface area (Å²) < 4.78 is 30.0. The third-order valence-electron chi connectivity index (χ3n) is 4.89. The first-order valence-electron chi connectivity index (χ1n) is 8.27. The molecule has 0 atom stereocenters. The Morgan fingerprint density at radius 2 is 1.88 bits per heavy atom. The summed E-state index contributed by atoms with van der Waals surface area (Å²) in [5, 5.41) is 15.0. The van der Waals surface area contributed by atoms with Gasteiger partial charge >= 0.3 is 0 Å². The van der Waals surface area contributed by atoms with E-state index in [0.29, 0.717) is 11.3 Å². The SMILES string of the molecule is Cc1nn(C2CCCC2)c2[nH]c(-c3c(F)cccc3F)c(O)c(=O)c12. The summed E-state index contributed by atoms with van der Waals surface area (Å²) in [6, 6.07) is 3.53. The van der Waals surface area contributed by atoms with Crippen LogP contribution in [0, 0.1) is 18.6 Å². The number of aromatic nitrogens is 3. The van der Waals surface area contributed by atoms with Gasteiger partial charge in [0.1, 0.15) is 17.3 Å². The minimum absolute atomic E-state index is 0.134. The van der Waals surface area contributed by atoms with Crippen molar-refractivity contribution in [1.29, 1.82) is 0 Å². The molecule has 0 spiro atoms. The molecule has 1 aromatic carbocycles. The predicted molar refractivity (Wildman–Crippen MR) is 89.6 cm³/mol. The fourth-order valence-corrected chi connectivity index (χ4v) is 3.68. The lowest BCUT2D eigenvalue weighted by molar-refractivity contribution is 0.466. The molecule has 0 amide bonds. The van der Waals surface area contributed by atoms with Crippen molar-refractivity contribution < 1.29 is 13.9 Å². The van der Waals surface area contributed by atoms with Crippen LogP contribution < -0.4 is 5.43 Å². The first-order chi connectivity index (χ1) is 12.0. The predicted octanol–water partition coefficient (Wildman–Crippen LogP) is 3.80. The fourth-order valence-electron chi connectivity index (χ4n) is 3.68. The van der Waals surface area contributed by atoms with Gasteiger partial charge in [0, 0.05) is 0 Å². The van der Waals surface area contributed by atoms with Crippen molar-refractivity contribution in [1.82, 2.24) is 14.8 Å². The number of rotatable bonds is 2. The van der Waals surface area contributed by atoms with Crippen LogP contribution in [0.4, 0.5) is 8.78 Å². The molecule has 2 N–H and O–H groups in total. The Labute approximate surface area is 141 Å². The maximum absolute atomic E-state index is 14.2. The summed E-state index contributed by atoms with van der Waals surface area (Å²) in [5.74, 6) is -2.41. The van der Waals surface area contributed by atoms with Gasteiger partial charge in [-0.05, 0) is 31.9 Å². The minimum atomic E-state index is -0.853. The molecule has 3 aromatic rings. The Bertz CT molecular complexity index is 1010. The summed E-state index contributed by atoms with van der Waals surface area (Å²) in [4.78, 5) is 15.5. The molecule has 5 nitrogen and oxygen atoms in total. The van der Waals surface area contributed by atoms with Crippen LogP contribution in [0.2, 0.25) is 0 Å². The standard InChI is InChI=1S/C18H17F2N3O2/c1-9-13-16(24)17(25)15(14-11(19)7-4-8-12(14)20)21-18(13)23(22-9)10-5-2-3-6-10/h4,7-8,10,25H,2-3,5-6H2,1H3,(H,21,24).